The number of anilines is 1. The van der Waals surface area contributed by atoms with Gasteiger partial charge in [0.1, 0.15) is 0 Å². The molecule has 0 aliphatic carbocycles. The molecule has 10 heteroatoms. The van der Waals surface area contributed by atoms with Crippen molar-refractivity contribution in [2.75, 3.05) is 44.8 Å². The van der Waals surface area contributed by atoms with E-state index in [1.807, 2.05) is 6.20 Å². The number of carbonyl (C=O) groups is 1. The number of methoxy groups -OCH3 is 1. The average molecular weight is 673 g/mol. The Balaban J connectivity index is 1.52. The molecule has 6 rings (SSSR count). The molecule has 0 N–H and O–H groups in total. The smallest absolute Gasteiger partial charge is 0.465 e. The minimum atomic E-state index is -0.475. The van der Waals surface area contributed by atoms with E-state index in [0.717, 1.165) is 65.2 Å². The molecule has 9 nitrogen and oxygen atoms in total. The van der Waals surface area contributed by atoms with Gasteiger partial charge in [-0.25, -0.2) is 0 Å². The fourth-order valence-corrected chi connectivity index (χ4v) is 7.86. The number of aromatic nitrogens is 2. The molecular formula is C39H57BN4O5. The minimum absolute atomic E-state index is 0.204. The third-order valence-corrected chi connectivity index (χ3v) is 11.5. The summed E-state index contributed by atoms with van der Waals surface area (Å²) in [5.41, 5.74) is 6.44. The Hall–Kier alpha value is -2.92. The van der Waals surface area contributed by atoms with Crippen LogP contribution in [0.2, 0.25) is 0 Å². The molecule has 2 aromatic heterocycles. The van der Waals surface area contributed by atoms with E-state index >= 15 is 0 Å². The number of pyridine rings is 1. The zero-order valence-electron chi connectivity index (χ0n) is 31.5. The van der Waals surface area contributed by atoms with Crippen molar-refractivity contribution in [3.05, 3.63) is 41.7 Å². The summed E-state index contributed by atoms with van der Waals surface area (Å²) >= 11 is 0. The van der Waals surface area contributed by atoms with Crippen LogP contribution in [0.25, 0.3) is 22.2 Å². The molecule has 2 atom stereocenters. The van der Waals surface area contributed by atoms with Crippen molar-refractivity contribution in [1.29, 1.82) is 0 Å². The number of nitrogens with zero attached hydrogens (tertiary/aromatic N) is 4. The molecular weight excluding hydrogens is 615 g/mol. The predicted molar refractivity (Wildman–Crippen MR) is 198 cm³/mol. The standard InChI is InChI=1S/C39H57BN4O5/c1-11-44-34-16-15-28(40-48-38(6,7)39(8,9)49-40)20-31(34)33(22-37(4,5)25-47-27(3)45)36(44)32-21-30(23-41-35(32)26(2)46-10)43-19-18-42-17-13-12-14-29(42)24-43/h15-16,20-21,23,26,29H,11-14,17-19,22,24-25H2,1-10H3/t26-,29?/m0/s1. The number of piperidine rings is 1. The number of rotatable bonds is 10. The molecule has 3 aromatic rings. The molecule has 3 aliphatic heterocycles. The molecule has 3 fully saturated rings. The second-order valence-corrected chi connectivity index (χ2v) is 16.2. The Labute approximate surface area is 293 Å². The number of esters is 1. The second kappa shape index (κ2) is 13.7. The maximum Gasteiger partial charge on any atom is 0.494 e. The van der Waals surface area contributed by atoms with E-state index in [-0.39, 0.29) is 17.5 Å². The average Bonchev–Trinajstić information content (AvgIpc) is 3.49. The molecule has 1 unspecified atom stereocenters. The van der Waals surface area contributed by atoms with Crippen LogP contribution in [-0.4, -0.2) is 84.7 Å². The first-order valence-corrected chi connectivity index (χ1v) is 18.3. The third kappa shape index (κ3) is 7.03. The molecule has 1 aromatic carbocycles. The summed E-state index contributed by atoms with van der Waals surface area (Å²) in [6, 6.07) is 9.56. The van der Waals surface area contributed by atoms with Gasteiger partial charge in [0.2, 0.25) is 0 Å². The zero-order chi connectivity index (χ0) is 35.3. The zero-order valence-corrected chi connectivity index (χ0v) is 31.5. The van der Waals surface area contributed by atoms with Gasteiger partial charge in [-0.3, -0.25) is 14.7 Å². The predicted octanol–water partition coefficient (Wildman–Crippen LogP) is 6.54. The number of piperazine rings is 1. The van der Waals surface area contributed by atoms with Gasteiger partial charge in [0.15, 0.2) is 0 Å². The fraction of sp³-hybridized carbons (Fsp3) is 0.641. The van der Waals surface area contributed by atoms with Gasteiger partial charge in [-0.2, -0.15) is 0 Å². The normalized spacial score (nSPS) is 21.6. The molecule has 0 radical (unpaired) electrons. The van der Waals surface area contributed by atoms with Crippen LogP contribution in [0, 0.1) is 5.41 Å². The maximum absolute atomic E-state index is 11.9. The summed E-state index contributed by atoms with van der Waals surface area (Å²) in [5.74, 6) is -0.265. The Kier molecular flexibility index (Phi) is 10.0. The van der Waals surface area contributed by atoms with E-state index in [2.05, 4.69) is 94.0 Å². The van der Waals surface area contributed by atoms with E-state index in [1.54, 1.807) is 7.11 Å². The molecule has 266 valence electrons. The van der Waals surface area contributed by atoms with Crippen molar-refractivity contribution in [2.24, 2.45) is 5.41 Å². The Morgan fingerprint density at radius 3 is 2.51 bits per heavy atom. The van der Waals surface area contributed by atoms with Crippen LogP contribution < -0.4 is 10.4 Å². The van der Waals surface area contributed by atoms with Gasteiger partial charge in [0, 0.05) is 68.1 Å². The quantitative estimate of drug-likeness (QED) is 0.178. The summed E-state index contributed by atoms with van der Waals surface area (Å²) in [6.45, 7) is 23.9. The summed E-state index contributed by atoms with van der Waals surface area (Å²) in [7, 11) is 1.28. The summed E-state index contributed by atoms with van der Waals surface area (Å²) in [6.07, 6.45) is 6.40. The first-order chi connectivity index (χ1) is 23.1. The number of hydrogen-bond acceptors (Lipinski definition) is 8. The lowest BCUT2D eigenvalue weighted by atomic mass is 9.77. The van der Waals surface area contributed by atoms with E-state index in [1.165, 1.54) is 38.3 Å². The van der Waals surface area contributed by atoms with Crippen LogP contribution in [0.4, 0.5) is 5.69 Å². The minimum Gasteiger partial charge on any atom is -0.465 e. The molecule has 3 aliphatic rings. The number of benzene rings is 1. The van der Waals surface area contributed by atoms with Crippen LogP contribution in [-0.2, 0) is 36.5 Å². The maximum atomic E-state index is 11.9. The first-order valence-electron chi connectivity index (χ1n) is 18.3. The number of hydrogen-bond donors (Lipinski definition) is 0. The van der Waals surface area contributed by atoms with Crippen molar-refractivity contribution in [3.8, 4) is 11.3 Å². The van der Waals surface area contributed by atoms with Crippen molar-refractivity contribution in [2.45, 2.75) is 118 Å². The van der Waals surface area contributed by atoms with Crippen LogP contribution in [0.3, 0.4) is 0 Å². The fourth-order valence-electron chi connectivity index (χ4n) is 7.86. The van der Waals surface area contributed by atoms with Crippen molar-refractivity contribution >= 4 is 35.1 Å². The van der Waals surface area contributed by atoms with Crippen LogP contribution in [0.1, 0.15) is 98.9 Å². The Morgan fingerprint density at radius 2 is 1.84 bits per heavy atom. The highest BCUT2D eigenvalue weighted by atomic mass is 16.7. The lowest BCUT2D eigenvalue weighted by molar-refractivity contribution is -0.143. The summed E-state index contributed by atoms with van der Waals surface area (Å²) < 4.78 is 27.0. The lowest BCUT2D eigenvalue weighted by Gasteiger charge is -2.45. The number of carbonyl (C=O) groups excluding carboxylic acids is 1. The summed E-state index contributed by atoms with van der Waals surface area (Å²) in [4.78, 5) is 22.3. The van der Waals surface area contributed by atoms with Crippen LogP contribution >= 0.6 is 0 Å². The van der Waals surface area contributed by atoms with E-state index in [4.69, 9.17) is 23.8 Å². The Bertz CT molecular complexity index is 1670. The van der Waals surface area contributed by atoms with Gasteiger partial charge < -0.3 is 28.2 Å². The van der Waals surface area contributed by atoms with Gasteiger partial charge in [0.25, 0.3) is 0 Å². The Morgan fingerprint density at radius 1 is 1.10 bits per heavy atom. The highest BCUT2D eigenvalue weighted by Crippen LogP contribution is 2.43. The van der Waals surface area contributed by atoms with Gasteiger partial charge in [-0.15, -0.1) is 0 Å². The van der Waals surface area contributed by atoms with Crippen molar-refractivity contribution in [1.82, 2.24) is 14.5 Å². The second-order valence-electron chi connectivity index (χ2n) is 16.2. The van der Waals surface area contributed by atoms with Gasteiger partial charge in [-0.05, 0) is 90.5 Å². The van der Waals surface area contributed by atoms with E-state index in [0.29, 0.717) is 19.1 Å². The lowest BCUT2D eigenvalue weighted by Crippen LogP contribution is -2.54. The number of aryl methyl sites for hydroxylation is 1. The van der Waals surface area contributed by atoms with Gasteiger partial charge in [-0.1, -0.05) is 32.4 Å². The summed E-state index contributed by atoms with van der Waals surface area (Å²) in [5, 5.41) is 1.15. The molecule has 0 saturated carbocycles. The van der Waals surface area contributed by atoms with Crippen molar-refractivity contribution < 1.29 is 23.6 Å². The van der Waals surface area contributed by atoms with Gasteiger partial charge in [0.05, 0.1) is 47.2 Å². The van der Waals surface area contributed by atoms with Gasteiger partial charge >= 0.3 is 13.1 Å². The molecule has 0 bridgehead atoms. The van der Waals surface area contributed by atoms with Crippen LogP contribution in [0.5, 0.6) is 0 Å². The first kappa shape index (κ1) is 35.9. The largest absolute Gasteiger partial charge is 0.494 e. The van der Waals surface area contributed by atoms with Crippen molar-refractivity contribution in [3.63, 3.8) is 0 Å². The molecule has 0 spiro atoms. The van der Waals surface area contributed by atoms with E-state index < -0.39 is 18.3 Å². The molecule has 49 heavy (non-hydrogen) atoms. The monoisotopic (exact) mass is 672 g/mol. The highest BCUT2D eigenvalue weighted by Gasteiger charge is 2.51. The van der Waals surface area contributed by atoms with Crippen LogP contribution in [0.15, 0.2) is 30.5 Å². The number of ether oxygens (including phenoxy) is 2. The van der Waals surface area contributed by atoms with E-state index in [9.17, 15) is 4.79 Å². The molecule has 3 saturated heterocycles. The SMILES string of the molecule is CCn1c(-c2cc(N3CCN4CCCCC4C3)cnc2[C@H](C)OC)c(CC(C)(C)COC(C)=O)c2cc(B3OC(C)(C)C(C)(C)O3)ccc21. The molecule has 0 amide bonds. The highest BCUT2D eigenvalue weighted by molar-refractivity contribution is 6.62. The number of fused-ring (bicyclic) bond motifs is 2. The third-order valence-electron chi connectivity index (χ3n) is 11.5. The topological polar surface area (TPSA) is 78.3 Å². The molecule has 5 heterocycles.